The lowest BCUT2D eigenvalue weighted by Crippen LogP contribution is -1.80. The molecule has 3 rings (SSSR count). The highest BCUT2D eigenvalue weighted by Gasteiger charge is 2.08. The number of nitrogens with zero attached hydrogens (tertiary/aromatic N) is 2. The molecule has 3 aromatic rings. The van der Waals surface area contributed by atoms with Crippen LogP contribution in [0.3, 0.4) is 0 Å². The third-order valence-corrected chi connectivity index (χ3v) is 4.19. The molecule has 21 heavy (non-hydrogen) atoms. The second-order valence-electron chi connectivity index (χ2n) is 4.61. The minimum Gasteiger partial charge on any atom is -0.420 e. The van der Waals surface area contributed by atoms with Crippen molar-refractivity contribution in [2.75, 3.05) is 0 Å². The van der Waals surface area contributed by atoms with E-state index in [1.165, 1.54) is 5.56 Å². The minimum atomic E-state index is 0.557. The van der Waals surface area contributed by atoms with Gasteiger partial charge < -0.3 is 4.42 Å². The van der Waals surface area contributed by atoms with Crippen LogP contribution >= 0.6 is 23.4 Å². The number of benzene rings is 2. The molecule has 0 N–H and O–H groups in total. The van der Waals surface area contributed by atoms with Gasteiger partial charge in [0, 0.05) is 15.5 Å². The summed E-state index contributed by atoms with van der Waals surface area (Å²) in [6.45, 7) is 2.05. The first-order chi connectivity index (χ1) is 10.2. The van der Waals surface area contributed by atoms with Crippen LogP contribution < -0.4 is 0 Å². The highest BCUT2D eigenvalue weighted by atomic mass is 35.5. The van der Waals surface area contributed by atoms with Gasteiger partial charge in [-0.1, -0.05) is 29.3 Å². The third kappa shape index (κ3) is 3.65. The minimum absolute atomic E-state index is 0.557. The molecular weight excluding hydrogens is 304 g/mol. The quantitative estimate of drug-likeness (QED) is 0.636. The molecule has 0 radical (unpaired) electrons. The van der Waals surface area contributed by atoms with Crippen LogP contribution in [-0.4, -0.2) is 10.2 Å². The van der Waals surface area contributed by atoms with Gasteiger partial charge in [0.1, 0.15) is 0 Å². The largest absolute Gasteiger partial charge is 0.420 e. The molecule has 0 atom stereocenters. The molecule has 106 valence electrons. The third-order valence-electron chi connectivity index (χ3n) is 2.94. The monoisotopic (exact) mass is 316 g/mol. The number of hydrogen-bond donors (Lipinski definition) is 0. The van der Waals surface area contributed by atoms with Gasteiger partial charge in [-0.3, -0.25) is 0 Å². The molecule has 0 aliphatic carbocycles. The van der Waals surface area contributed by atoms with Crippen molar-refractivity contribution in [2.24, 2.45) is 0 Å². The van der Waals surface area contributed by atoms with Crippen LogP contribution in [0, 0.1) is 6.92 Å². The summed E-state index contributed by atoms with van der Waals surface area (Å²) in [7, 11) is 0. The Bertz CT molecular complexity index is 723. The van der Waals surface area contributed by atoms with Crippen molar-refractivity contribution >= 4 is 23.4 Å². The van der Waals surface area contributed by atoms with Crippen molar-refractivity contribution in [3.63, 3.8) is 0 Å². The molecule has 0 saturated carbocycles. The highest BCUT2D eigenvalue weighted by molar-refractivity contribution is 7.98. The molecule has 1 heterocycles. The molecule has 0 unspecified atom stereocenters. The maximum absolute atomic E-state index is 5.86. The average Bonchev–Trinajstić information content (AvgIpc) is 2.96. The summed E-state index contributed by atoms with van der Waals surface area (Å²) in [5, 5.41) is 8.91. The van der Waals surface area contributed by atoms with Gasteiger partial charge in [-0.2, -0.15) is 0 Å². The van der Waals surface area contributed by atoms with E-state index >= 15 is 0 Å². The molecule has 2 aromatic carbocycles. The van der Waals surface area contributed by atoms with Gasteiger partial charge in [-0.05, 0) is 43.3 Å². The predicted molar refractivity (Wildman–Crippen MR) is 85.5 cm³/mol. The van der Waals surface area contributed by atoms with Gasteiger partial charge >= 0.3 is 0 Å². The number of halogens is 1. The fourth-order valence-electron chi connectivity index (χ4n) is 1.80. The van der Waals surface area contributed by atoms with Crippen LogP contribution in [-0.2, 0) is 5.75 Å². The van der Waals surface area contributed by atoms with E-state index in [1.54, 1.807) is 11.8 Å². The van der Waals surface area contributed by atoms with Crippen LogP contribution in [0.15, 0.2) is 57.8 Å². The van der Waals surface area contributed by atoms with Gasteiger partial charge in [0.15, 0.2) is 0 Å². The Labute approximate surface area is 132 Å². The first kappa shape index (κ1) is 14.2. The predicted octanol–water partition coefficient (Wildman–Crippen LogP) is 4.99. The lowest BCUT2D eigenvalue weighted by Gasteiger charge is -1.98. The lowest BCUT2D eigenvalue weighted by molar-refractivity contribution is 0.528. The summed E-state index contributed by atoms with van der Waals surface area (Å²) in [6.07, 6.45) is 0. The maximum atomic E-state index is 5.86. The number of rotatable bonds is 4. The molecule has 0 aliphatic rings. The Kier molecular flexibility index (Phi) is 4.27. The van der Waals surface area contributed by atoms with Crippen molar-refractivity contribution in [3.05, 3.63) is 65.0 Å². The first-order valence-electron chi connectivity index (χ1n) is 6.48. The number of aromatic nitrogens is 2. The smallest absolute Gasteiger partial charge is 0.247 e. The summed E-state index contributed by atoms with van der Waals surface area (Å²) in [5.74, 6) is 1.81. The van der Waals surface area contributed by atoms with Crippen molar-refractivity contribution in [2.45, 2.75) is 17.6 Å². The van der Waals surface area contributed by atoms with Crippen LogP contribution in [0.25, 0.3) is 11.5 Å². The van der Waals surface area contributed by atoms with E-state index in [9.17, 15) is 0 Å². The van der Waals surface area contributed by atoms with E-state index in [2.05, 4.69) is 10.2 Å². The summed E-state index contributed by atoms with van der Waals surface area (Å²) in [6, 6.07) is 15.7. The lowest BCUT2D eigenvalue weighted by atomic mass is 10.1. The van der Waals surface area contributed by atoms with Gasteiger partial charge in [0.2, 0.25) is 11.8 Å². The van der Waals surface area contributed by atoms with E-state index in [-0.39, 0.29) is 0 Å². The summed E-state index contributed by atoms with van der Waals surface area (Å²) < 4.78 is 5.69. The Morgan fingerprint density at radius 2 is 1.71 bits per heavy atom. The zero-order valence-corrected chi connectivity index (χ0v) is 13.0. The molecule has 0 aliphatic heterocycles. The molecule has 0 saturated heterocycles. The standard InChI is InChI=1S/C16H13ClN2OS/c1-11-2-4-12(5-3-11)16-19-18-15(20-16)10-21-14-8-6-13(17)7-9-14/h2-9H,10H2,1H3. The number of aryl methyl sites for hydroxylation is 1. The van der Waals surface area contributed by atoms with Crippen molar-refractivity contribution in [1.29, 1.82) is 0 Å². The Morgan fingerprint density at radius 3 is 2.43 bits per heavy atom. The van der Waals surface area contributed by atoms with Crippen molar-refractivity contribution in [1.82, 2.24) is 10.2 Å². The molecule has 0 spiro atoms. The van der Waals surface area contributed by atoms with Crippen LogP contribution in [0.5, 0.6) is 0 Å². The highest BCUT2D eigenvalue weighted by Crippen LogP contribution is 2.25. The zero-order valence-electron chi connectivity index (χ0n) is 11.4. The molecule has 5 heteroatoms. The van der Waals surface area contributed by atoms with E-state index < -0.39 is 0 Å². The fourth-order valence-corrected chi connectivity index (χ4v) is 2.66. The molecule has 1 aromatic heterocycles. The second-order valence-corrected chi connectivity index (χ2v) is 6.09. The zero-order chi connectivity index (χ0) is 14.7. The van der Waals surface area contributed by atoms with E-state index in [4.69, 9.17) is 16.0 Å². The van der Waals surface area contributed by atoms with E-state index in [1.807, 2.05) is 55.5 Å². The average molecular weight is 317 g/mol. The first-order valence-corrected chi connectivity index (χ1v) is 7.85. The second kappa shape index (κ2) is 6.33. The van der Waals surface area contributed by atoms with E-state index in [0.29, 0.717) is 17.5 Å². The summed E-state index contributed by atoms with van der Waals surface area (Å²) >= 11 is 7.50. The van der Waals surface area contributed by atoms with Gasteiger partial charge in [-0.25, -0.2) is 0 Å². The Morgan fingerprint density at radius 1 is 1.00 bits per heavy atom. The maximum Gasteiger partial charge on any atom is 0.247 e. The number of hydrogen-bond acceptors (Lipinski definition) is 4. The molecule has 0 fully saturated rings. The molecule has 3 nitrogen and oxygen atoms in total. The van der Waals surface area contributed by atoms with Crippen molar-refractivity contribution < 1.29 is 4.42 Å². The molecule has 0 amide bonds. The topological polar surface area (TPSA) is 38.9 Å². The van der Waals surface area contributed by atoms with Gasteiger partial charge in [0.05, 0.1) is 5.75 Å². The van der Waals surface area contributed by atoms with E-state index in [0.717, 1.165) is 15.5 Å². The summed E-state index contributed by atoms with van der Waals surface area (Å²) in [4.78, 5) is 1.12. The van der Waals surface area contributed by atoms with Gasteiger partial charge in [0.25, 0.3) is 0 Å². The van der Waals surface area contributed by atoms with Crippen LogP contribution in [0.2, 0.25) is 5.02 Å². The Hall–Kier alpha value is -1.78. The summed E-state index contributed by atoms with van der Waals surface area (Å²) in [5.41, 5.74) is 2.15. The van der Waals surface area contributed by atoms with Gasteiger partial charge in [-0.15, -0.1) is 22.0 Å². The SMILES string of the molecule is Cc1ccc(-c2nnc(CSc3ccc(Cl)cc3)o2)cc1. The van der Waals surface area contributed by atoms with Crippen LogP contribution in [0.4, 0.5) is 0 Å². The van der Waals surface area contributed by atoms with Crippen molar-refractivity contribution in [3.8, 4) is 11.5 Å². The fraction of sp³-hybridized carbons (Fsp3) is 0.125. The molecule has 0 bridgehead atoms. The Balaban J connectivity index is 1.67. The molecular formula is C16H13ClN2OS. The normalized spacial score (nSPS) is 10.8. The van der Waals surface area contributed by atoms with Crippen LogP contribution in [0.1, 0.15) is 11.5 Å². The number of thioether (sulfide) groups is 1.